The summed E-state index contributed by atoms with van der Waals surface area (Å²) < 4.78 is 5.10. The van der Waals surface area contributed by atoms with Crippen molar-refractivity contribution in [2.75, 3.05) is 7.11 Å². The molecule has 138 valence electrons. The van der Waals surface area contributed by atoms with Gasteiger partial charge in [0.05, 0.1) is 18.9 Å². The van der Waals surface area contributed by atoms with Gasteiger partial charge in [-0.05, 0) is 42.3 Å². The Bertz CT molecular complexity index is 921. The van der Waals surface area contributed by atoms with Gasteiger partial charge in [0.15, 0.2) is 0 Å². The number of hydrogen-bond acceptors (Lipinski definition) is 5. The molecule has 1 saturated heterocycles. The molecule has 1 heterocycles. The maximum atomic E-state index is 12.8. The summed E-state index contributed by atoms with van der Waals surface area (Å²) in [5.41, 5.74) is 0.0476. The van der Waals surface area contributed by atoms with Crippen molar-refractivity contribution in [3.8, 4) is 5.75 Å². The quantitative estimate of drug-likeness (QED) is 0.622. The smallest absolute Gasteiger partial charge is 0.346 e. The molecule has 2 N–H and O–H groups in total. The molecule has 0 bridgehead atoms. The molecule has 1 unspecified atom stereocenters. The van der Waals surface area contributed by atoms with E-state index >= 15 is 0 Å². The number of carboxylic acid groups (broad SMARTS) is 1. The summed E-state index contributed by atoms with van der Waals surface area (Å²) in [5.74, 6) is -0.919. The van der Waals surface area contributed by atoms with Crippen LogP contribution in [-0.4, -0.2) is 41.3 Å². The molecule has 0 saturated carbocycles. The lowest BCUT2D eigenvalue weighted by molar-refractivity contribution is -0.131. The zero-order valence-corrected chi connectivity index (χ0v) is 14.7. The SMILES string of the molecule is COc1ccc(C2(C)NC(=O)N(/N=C/c3ccc(C(=O)O)cc3)C2=O)cc1. The number of rotatable bonds is 5. The number of carbonyl (C=O) groups is 3. The Labute approximate surface area is 155 Å². The second kappa shape index (κ2) is 6.91. The first kappa shape index (κ1) is 18.1. The van der Waals surface area contributed by atoms with Gasteiger partial charge in [0.2, 0.25) is 0 Å². The molecule has 0 spiro atoms. The molecule has 2 aromatic carbocycles. The average molecular weight is 367 g/mol. The minimum absolute atomic E-state index is 0.134. The van der Waals surface area contributed by atoms with Gasteiger partial charge in [-0.1, -0.05) is 24.3 Å². The highest BCUT2D eigenvalue weighted by Gasteiger charge is 2.49. The second-order valence-corrected chi connectivity index (χ2v) is 6.07. The number of aromatic carboxylic acids is 1. The largest absolute Gasteiger partial charge is 0.497 e. The number of ether oxygens (including phenoxy) is 1. The van der Waals surface area contributed by atoms with Crippen LogP contribution in [-0.2, 0) is 10.3 Å². The number of urea groups is 1. The van der Waals surface area contributed by atoms with Crippen LogP contribution in [0.2, 0.25) is 0 Å². The van der Waals surface area contributed by atoms with Crippen molar-refractivity contribution in [2.45, 2.75) is 12.5 Å². The first-order valence-electron chi connectivity index (χ1n) is 8.04. The van der Waals surface area contributed by atoms with E-state index in [2.05, 4.69) is 10.4 Å². The summed E-state index contributed by atoms with van der Waals surface area (Å²) in [6.45, 7) is 1.60. The fourth-order valence-corrected chi connectivity index (χ4v) is 2.69. The van der Waals surface area contributed by atoms with Crippen molar-refractivity contribution >= 4 is 24.1 Å². The number of hydrogen-bond donors (Lipinski definition) is 2. The summed E-state index contributed by atoms with van der Waals surface area (Å²) in [6.07, 6.45) is 1.32. The molecule has 3 rings (SSSR count). The number of carbonyl (C=O) groups excluding carboxylic acids is 2. The van der Waals surface area contributed by atoms with Gasteiger partial charge in [-0.25, -0.2) is 9.59 Å². The fourth-order valence-electron chi connectivity index (χ4n) is 2.69. The third-order valence-electron chi connectivity index (χ3n) is 4.32. The second-order valence-electron chi connectivity index (χ2n) is 6.07. The van der Waals surface area contributed by atoms with Gasteiger partial charge in [-0.2, -0.15) is 5.10 Å². The van der Waals surface area contributed by atoms with E-state index in [1.165, 1.54) is 30.5 Å². The number of nitrogens with zero attached hydrogens (tertiary/aromatic N) is 2. The number of hydrazone groups is 1. The molecule has 1 aliphatic heterocycles. The fraction of sp³-hybridized carbons (Fsp3) is 0.158. The zero-order chi connectivity index (χ0) is 19.6. The number of nitrogens with one attached hydrogen (secondary N) is 1. The lowest BCUT2D eigenvalue weighted by Gasteiger charge is -2.21. The van der Waals surface area contributed by atoms with E-state index in [0.29, 0.717) is 16.9 Å². The molecule has 1 atom stereocenters. The average Bonchev–Trinajstić information content (AvgIpc) is 2.90. The topological polar surface area (TPSA) is 108 Å². The lowest BCUT2D eigenvalue weighted by atomic mass is 9.92. The maximum absolute atomic E-state index is 12.8. The van der Waals surface area contributed by atoms with Crippen LogP contribution in [0.4, 0.5) is 4.79 Å². The van der Waals surface area contributed by atoms with Crippen LogP contribution in [0.25, 0.3) is 0 Å². The molecule has 1 aliphatic rings. The van der Waals surface area contributed by atoms with Crippen molar-refractivity contribution in [2.24, 2.45) is 5.10 Å². The molecular weight excluding hydrogens is 350 g/mol. The van der Waals surface area contributed by atoms with Crippen molar-refractivity contribution < 1.29 is 24.2 Å². The monoisotopic (exact) mass is 367 g/mol. The minimum atomic E-state index is -1.24. The predicted octanol–water partition coefficient (Wildman–Crippen LogP) is 2.19. The molecule has 0 aliphatic carbocycles. The van der Waals surface area contributed by atoms with Crippen LogP contribution in [0.3, 0.4) is 0 Å². The summed E-state index contributed by atoms with van der Waals surface area (Å²) in [6, 6.07) is 12.1. The van der Waals surface area contributed by atoms with Gasteiger partial charge in [0.25, 0.3) is 5.91 Å². The first-order chi connectivity index (χ1) is 12.8. The van der Waals surface area contributed by atoms with E-state index in [9.17, 15) is 14.4 Å². The van der Waals surface area contributed by atoms with Gasteiger partial charge >= 0.3 is 12.0 Å². The Balaban J connectivity index is 1.81. The normalized spacial score (nSPS) is 19.4. The van der Waals surface area contributed by atoms with E-state index in [4.69, 9.17) is 9.84 Å². The predicted molar refractivity (Wildman–Crippen MR) is 96.7 cm³/mol. The van der Waals surface area contributed by atoms with E-state index in [-0.39, 0.29) is 5.56 Å². The van der Waals surface area contributed by atoms with Crippen molar-refractivity contribution in [1.29, 1.82) is 0 Å². The van der Waals surface area contributed by atoms with Crippen LogP contribution >= 0.6 is 0 Å². The lowest BCUT2D eigenvalue weighted by Crippen LogP contribution is -2.40. The maximum Gasteiger partial charge on any atom is 0.346 e. The highest BCUT2D eigenvalue weighted by Crippen LogP contribution is 2.30. The summed E-state index contributed by atoms with van der Waals surface area (Å²) in [5, 5.41) is 16.3. The number of methoxy groups -OCH3 is 1. The molecular formula is C19H17N3O5. The molecule has 2 aromatic rings. The Kier molecular flexibility index (Phi) is 4.64. The number of imide groups is 1. The van der Waals surface area contributed by atoms with Crippen LogP contribution in [0.15, 0.2) is 53.6 Å². The van der Waals surface area contributed by atoms with Crippen molar-refractivity contribution in [3.05, 3.63) is 65.2 Å². The Morgan fingerprint density at radius 1 is 1.15 bits per heavy atom. The van der Waals surface area contributed by atoms with Gasteiger partial charge in [0.1, 0.15) is 11.3 Å². The third-order valence-corrected chi connectivity index (χ3v) is 4.32. The van der Waals surface area contributed by atoms with Crippen LogP contribution in [0.5, 0.6) is 5.75 Å². The van der Waals surface area contributed by atoms with Gasteiger partial charge in [-0.15, -0.1) is 5.01 Å². The molecule has 0 aromatic heterocycles. The van der Waals surface area contributed by atoms with Gasteiger partial charge in [-0.3, -0.25) is 4.79 Å². The van der Waals surface area contributed by atoms with E-state index in [1.54, 1.807) is 38.3 Å². The highest BCUT2D eigenvalue weighted by molar-refractivity contribution is 6.07. The van der Waals surface area contributed by atoms with E-state index < -0.39 is 23.4 Å². The highest BCUT2D eigenvalue weighted by atomic mass is 16.5. The minimum Gasteiger partial charge on any atom is -0.497 e. The molecule has 1 fully saturated rings. The van der Waals surface area contributed by atoms with E-state index in [1.807, 2.05) is 0 Å². The van der Waals surface area contributed by atoms with Crippen molar-refractivity contribution in [3.63, 3.8) is 0 Å². The number of amides is 3. The number of benzene rings is 2. The molecule has 0 radical (unpaired) electrons. The molecule has 27 heavy (non-hydrogen) atoms. The Morgan fingerprint density at radius 3 is 2.33 bits per heavy atom. The summed E-state index contributed by atoms with van der Waals surface area (Å²) in [7, 11) is 1.54. The van der Waals surface area contributed by atoms with Crippen LogP contribution in [0.1, 0.15) is 28.4 Å². The molecule has 3 amide bonds. The summed E-state index contributed by atoms with van der Waals surface area (Å²) >= 11 is 0. The number of carboxylic acids is 1. The molecule has 8 heteroatoms. The van der Waals surface area contributed by atoms with Crippen molar-refractivity contribution in [1.82, 2.24) is 10.3 Å². The first-order valence-corrected chi connectivity index (χ1v) is 8.04. The van der Waals surface area contributed by atoms with Gasteiger partial charge in [0, 0.05) is 0 Å². The Morgan fingerprint density at radius 2 is 1.78 bits per heavy atom. The van der Waals surface area contributed by atoms with E-state index in [0.717, 1.165) is 5.01 Å². The van der Waals surface area contributed by atoms with Crippen LogP contribution in [0, 0.1) is 0 Å². The zero-order valence-electron chi connectivity index (χ0n) is 14.7. The molecule has 8 nitrogen and oxygen atoms in total. The third kappa shape index (κ3) is 3.37. The summed E-state index contributed by atoms with van der Waals surface area (Å²) in [4.78, 5) is 35.9. The van der Waals surface area contributed by atoms with Gasteiger partial charge < -0.3 is 15.2 Å². The van der Waals surface area contributed by atoms with Crippen LogP contribution < -0.4 is 10.1 Å². The standard InChI is InChI=1S/C19H17N3O5/c1-19(14-7-9-15(27-2)10-8-14)17(25)22(18(26)21-19)20-11-12-3-5-13(6-4-12)16(23)24/h3-11H,1-2H3,(H,21,26)(H,23,24)/b20-11+. The Hall–Kier alpha value is -3.68.